The molecule has 1 saturated carbocycles. The van der Waals surface area contributed by atoms with Gasteiger partial charge in [0.2, 0.25) is 0 Å². The van der Waals surface area contributed by atoms with Crippen molar-refractivity contribution in [1.82, 2.24) is 9.55 Å². The minimum absolute atomic E-state index is 0.197. The molecule has 2 aromatic rings. The van der Waals surface area contributed by atoms with Gasteiger partial charge in [-0.15, -0.1) is 0 Å². The lowest BCUT2D eigenvalue weighted by molar-refractivity contribution is -0.103. The molecule has 1 aromatic heterocycles. The highest BCUT2D eigenvalue weighted by Gasteiger charge is 2.25. The van der Waals surface area contributed by atoms with E-state index in [9.17, 15) is 14.7 Å². The predicted molar refractivity (Wildman–Crippen MR) is 92.5 cm³/mol. The number of aromatic nitrogens is 2. The molecule has 1 aliphatic carbocycles. The van der Waals surface area contributed by atoms with E-state index >= 15 is 0 Å². The summed E-state index contributed by atoms with van der Waals surface area (Å²) in [6, 6.07) is 8.48. The zero-order chi connectivity index (χ0) is 17.1. The number of benzene rings is 1. The van der Waals surface area contributed by atoms with Crippen molar-refractivity contribution in [3.8, 4) is 11.3 Å². The first-order chi connectivity index (χ1) is 11.6. The minimum atomic E-state index is -0.508. The molecular formula is C19H20N2O3. The number of nitrogens with zero attached hydrogens (tertiary/aromatic N) is 2. The molecule has 2 atom stereocenters. The van der Waals surface area contributed by atoms with Crippen molar-refractivity contribution in [1.29, 1.82) is 0 Å². The molecule has 0 saturated heterocycles. The summed E-state index contributed by atoms with van der Waals surface area (Å²) in [5.74, 6) is 0. The Kier molecular flexibility index (Phi) is 4.71. The fourth-order valence-corrected chi connectivity index (χ4v) is 3.27. The molecule has 0 amide bonds. The number of hydrogen-bond donors (Lipinski definition) is 1. The van der Waals surface area contributed by atoms with Crippen LogP contribution in [-0.2, 0) is 4.79 Å². The van der Waals surface area contributed by atoms with Crippen LogP contribution in [0.15, 0.2) is 48.0 Å². The molecular weight excluding hydrogens is 304 g/mol. The van der Waals surface area contributed by atoms with Gasteiger partial charge in [-0.25, -0.2) is 4.98 Å². The van der Waals surface area contributed by atoms with Crippen LogP contribution in [0.25, 0.3) is 16.8 Å². The fraction of sp³-hybridized carbons (Fsp3) is 0.316. The molecule has 1 N–H and O–H groups in total. The maximum absolute atomic E-state index is 12.5. The molecule has 5 nitrogen and oxygen atoms in total. The van der Waals surface area contributed by atoms with Gasteiger partial charge in [-0.05, 0) is 18.4 Å². The molecule has 124 valence electrons. The molecule has 1 aliphatic rings. The first kappa shape index (κ1) is 16.3. The summed E-state index contributed by atoms with van der Waals surface area (Å²) in [6.45, 7) is 3.74. The number of allylic oxidation sites excluding steroid dienone is 1. The van der Waals surface area contributed by atoms with E-state index in [0.29, 0.717) is 35.1 Å². The van der Waals surface area contributed by atoms with E-state index in [1.165, 1.54) is 17.0 Å². The molecule has 24 heavy (non-hydrogen) atoms. The molecule has 2 unspecified atom stereocenters. The Bertz CT molecular complexity index is 825. The van der Waals surface area contributed by atoms with Crippen molar-refractivity contribution in [2.75, 3.05) is 0 Å². The van der Waals surface area contributed by atoms with E-state index in [1.807, 2.05) is 18.2 Å². The molecule has 0 spiro atoms. The lowest BCUT2D eigenvalue weighted by Crippen LogP contribution is -2.34. The minimum Gasteiger partial charge on any atom is -0.391 e. The maximum atomic E-state index is 12.5. The largest absolute Gasteiger partial charge is 0.391 e. The van der Waals surface area contributed by atoms with Crippen LogP contribution in [0.4, 0.5) is 0 Å². The molecule has 0 bridgehead atoms. The third-order valence-corrected chi connectivity index (χ3v) is 4.58. The van der Waals surface area contributed by atoms with Crippen molar-refractivity contribution < 1.29 is 9.90 Å². The number of aldehydes is 1. The lowest BCUT2D eigenvalue weighted by Gasteiger charge is -2.28. The number of aliphatic hydroxyl groups is 1. The van der Waals surface area contributed by atoms with Gasteiger partial charge in [0.25, 0.3) is 5.56 Å². The third kappa shape index (κ3) is 3.08. The first-order valence-electron chi connectivity index (χ1n) is 8.12. The second kappa shape index (κ2) is 6.93. The van der Waals surface area contributed by atoms with Crippen molar-refractivity contribution >= 4 is 11.9 Å². The van der Waals surface area contributed by atoms with Crippen LogP contribution in [0.3, 0.4) is 0 Å². The Morgan fingerprint density at radius 2 is 2.04 bits per heavy atom. The van der Waals surface area contributed by atoms with Gasteiger partial charge in [-0.1, -0.05) is 43.7 Å². The summed E-state index contributed by atoms with van der Waals surface area (Å²) in [4.78, 5) is 28.0. The Balaban J connectivity index is 2.01. The average molecular weight is 324 g/mol. The average Bonchev–Trinajstić information content (AvgIpc) is 2.62. The van der Waals surface area contributed by atoms with Gasteiger partial charge in [0.15, 0.2) is 0 Å². The second-order valence-electron chi connectivity index (χ2n) is 6.13. The van der Waals surface area contributed by atoms with Crippen molar-refractivity contribution in [2.24, 2.45) is 0 Å². The lowest BCUT2D eigenvalue weighted by atomic mass is 9.92. The predicted octanol–water partition coefficient (Wildman–Crippen LogP) is 2.60. The molecule has 1 heterocycles. The highest BCUT2D eigenvalue weighted by Crippen LogP contribution is 2.28. The van der Waals surface area contributed by atoms with Crippen LogP contribution in [0, 0.1) is 0 Å². The number of rotatable bonds is 4. The fourth-order valence-electron chi connectivity index (χ4n) is 3.27. The highest BCUT2D eigenvalue weighted by atomic mass is 16.3. The zero-order valence-corrected chi connectivity index (χ0v) is 13.4. The smallest absolute Gasteiger partial charge is 0.254 e. The Morgan fingerprint density at radius 1 is 1.29 bits per heavy atom. The first-order valence-corrected chi connectivity index (χ1v) is 8.12. The number of carbonyl (C=O) groups is 1. The van der Waals surface area contributed by atoms with Gasteiger partial charge in [0.05, 0.1) is 24.2 Å². The summed E-state index contributed by atoms with van der Waals surface area (Å²) in [5, 5.41) is 10.1. The van der Waals surface area contributed by atoms with E-state index in [-0.39, 0.29) is 11.6 Å². The van der Waals surface area contributed by atoms with Crippen molar-refractivity contribution in [2.45, 2.75) is 37.8 Å². The van der Waals surface area contributed by atoms with Crippen LogP contribution in [0.1, 0.15) is 37.3 Å². The van der Waals surface area contributed by atoms with Crippen LogP contribution in [0.2, 0.25) is 0 Å². The number of aliphatic hydroxyl groups excluding tert-OH is 1. The van der Waals surface area contributed by atoms with Gasteiger partial charge in [0, 0.05) is 17.2 Å². The van der Waals surface area contributed by atoms with E-state index in [4.69, 9.17) is 0 Å². The van der Waals surface area contributed by atoms with Crippen LogP contribution in [0.5, 0.6) is 0 Å². The maximum Gasteiger partial charge on any atom is 0.254 e. The standard InChI is InChI=1S/C19H20N2O3/c1-13(11-22)14-6-2-3-7-15(14)16-10-19(24)21(12-20-16)17-8-4-5-9-18(17)23/h2-3,6-7,10-12,17-18,23H,1,4-5,8-9H2. The summed E-state index contributed by atoms with van der Waals surface area (Å²) in [6.07, 6.45) is 5.15. The Morgan fingerprint density at radius 3 is 2.75 bits per heavy atom. The van der Waals surface area contributed by atoms with Gasteiger partial charge in [-0.2, -0.15) is 0 Å². The molecule has 1 fully saturated rings. The van der Waals surface area contributed by atoms with E-state index in [1.54, 1.807) is 6.07 Å². The molecule has 0 radical (unpaired) electrons. The van der Waals surface area contributed by atoms with Crippen molar-refractivity contribution in [3.05, 3.63) is 59.2 Å². The topological polar surface area (TPSA) is 72.2 Å². The summed E-state index contributed by atoms with van der Waals surface area (Å²) < 4.78 is 1.52. The second-order valence-corrected chi connectivity index (χ2v) is 6.13. The van der Waals surface area contributed by atoms with Crippen LogP contribution in [-0.4, -0.2) is 27.0 Å². The van der Waals surface area contributed by atoms with Gasteiger partial charge >= 0.3 is 0 Å². The normalized spacial score (nSPS) is 20.5. The van der Waals surface area contributed by atoms with Crippen molar-refractivity contribution in [3.63, 3.8) is 0 Å². The summed E-state index contributed by atoms with van der Waals surface area (Å²) >= 11 is 0. The van der Waals surface area contributed by atoms with Gasteiger partial charge in [0.1, 0.15) is 6.29 Å². The third-order valence-electron chi connectivity index (χ3n) is 4.58. The van der Waals surface area contributed by atoms with E-state index < -0.39 is 6.10 Å². The highest BCUT2D eigenvalue weighted by molar-refractivity contribution is 6.08. The molecule has 3 rings (SSSR count). The zero-order valence-electron chi connectivity index (χ0n) is 13.4. The van der Waals surface area contributed by atoms with Gasteiger partial charge < -0.3 is 5.11 Å². The number of hydrogen-bond acceptors (Lipinski definition) is 4. The summed E-state index contributed by atoms with van der Waals surface area (Å²) in [7, 11) is 0. The monoisotopic (exact) mass is 324 g/mol. The molecule has 1 aromatic carbocycles. The Labute approximate surface area is 140 Å². The SMILES string of the molecule is C=C(C=O)c1ccccc1-c1cc(=O)n(C2CCCCC2O)cn1. The summed E-state index contributed by atoms with van der Waals surface area (Å²) in [5.41, 5.74) is 2.01. The van der Waals surface area contributed by atoms with Crippen LogP contribution < -0.4 is 5.56 Å². The van der Waals surface area contributed by atoms with E-state index in [0.717, 1.165) is 19.3 Å². The van der Waals surface area contributed by atoms with E-state index in [2.05, 4.69) is 11.6 Å². The quantitative estimate of drug-likeness (QED) is 0.693. The molecule has 0 aliphatic heterocycles. The number of carbonyl (C=O) groups excluding carboxylic acids is 1. The van der Waals surface area contributed by atoms with Gasteiger partial charge in [-0.3, -0.25) is 14.2 Å². The van der Waals surface area contributed by atoms with Crippen LogP contribution >= 0.6 is 0 Å². The molecule has 5 heteroatoms. The Hall–Kier alpha value is -2.53.